The topological polar surface area (TPSA) is 35.0 Å². The molecule has 3 heteroatoms. The molecule has 0 amide bonds. The van der Waals surface area contributed by atoms with Crippen LogP contribution in [0.25, 0.3) is 10.8 Å². The third-order valence-corrected chi connectivity index (χ3v) is 1.67. The minimum atomic E-state index is 0.557. The van der Waals surface area contributed by atoms with Gasteiger partial charge in [0.2, 0.25) is 5.88 Å². The fourth-order valence-corrected chi connectivity index (χ4v) is 1.09. The third kappa shape index (κ3) is 0.993. The average molecular weight is 159 g/mol. The molecule has 0 aliphatic carbocycles. The van der Waals surface area contributed by atoms with E-state index >= 15 is 0 Å². The Kier molecular flexibility index (Phi) is 1.63. The summed E-state index contributed by atoms with van der Waals surface area (Å²) < 4.78 is 5.04. The van der Waals surface area contributed by atoms with Gasteiger partial charge in [0.1, 0.15) is 0 Å². The molecule has 0 aliphatic heterocycles. The number of rotatable bonds is 1. The van der Waals surface area contributed by atoms with Crippen LogP contribution in [0, 0.1) is 6.07 Å². The Morgan fingerprint density at radius 1 is 1.50 bits per heavy atom. The summed E-state index contributed by atoms with van der Waals surface area (Å²) in [4.78, 5) is 0. The van der Waals surface area contributed by atoms with Crippen molar-refractivity contribution in [2.75, 3.05) is 7.11 Å². The van der Waals surface area contributed by atoms with Gasteiger partial charge in [-0.3, -0.25) is 0 Å². The monoisotopic (exact) mass is 159 g/mol. The highest BCUT2D eigenvalue weighted by atomic mass is 16.5. The molecule has 0 unspecified atom stereocenters. The van der Waals surface area contributed by atoms with Crippen molar-refractivity contribution in [3.05, 3.63) is 30.5 Å². The Bertz CT molecular complexity index is 395. The molecular weight excluding hydrogens is 152 g/mol. The summed E-state index contributed by atoms with van der Waals surface area (Å²) in [5, 5.41) is 9.58. The molecule has 0 bridgehead atoms. The molecule has 0 atom stereocenters. The SMILES string of the molecule is COc1nncc2c[c]ccc12. The van der Waals surface area contributed by atoms with E-state index in [0.717, 1.165) is 10.8 Å². The van der Waals surface area contributed by atoms with Gasteiger partial charge in [0.25, 0.3) is 0 Å². The zero-order chi connectivity index (χ0) is 8.39. The molecule has 0 saturated carbocycles. The first-order chi connectivity index (χ1) is 5.92. The first-order valence-corrected chi connectivity index (χ1v) is 3.57. The molecule has 2 rings (SSSR count). The smallest absolute Gasteiger partial charge is 0.241 e. The van der Waals surface area contributed by atoms with Crippen molar-refractivity contribution < 1.29 is 4.74 Å². The van der Waals surface area contributed by atoms with E-state index in [1.54, 1.807) is 13.3 Å². The summed E-state index contributed by atoms with van der Waals surface area (Å²) in [5.41, 5.74) is 0. The van der Waals surface area contributed by atoms with Gasteiger partial charge >= 0.3 is 0 Å². The number of aromatic nitrogens is 2. The number of nitrogens with zero attached hydrogens (tertiary/aromatic N) is 2. The Hall–Kier alpha value is -1.64. The fourth-order valence-electron chi connectivity index (χ4n) is 1.09. The highest BCUT2D eigenvalue weighted by molar-refractivity contribution is 5.85. The third-order valence-electron chi connectivity index (χ3n) is 1.67. The minimum absolute atomic E-state index is 0.557. The van der Waals surface area contributed by atoms with Crippen molar-refractivity contribution in [2.45, 2.75) is 0 Å². The zero-order valence-electron chi connectivity index (χ0n) is 6.61. The van der Waals surface area contributed by atoms with Crippen LogP contribution in [0.2, 0.25) is 0 Å². The van der Waals surface area contributed by atoms with E-state index in [9.17, 15) is 0 Å². The lowest BCUT2D eigenvalue weighted by Gasteiger charge is -2.00. The summed E-state index contributed by atoms with van der Waals surface area (Å²) in [5.74, 6) is 0.557. The lowest BCUT2D eigenvalue weighted by atomic mass is 10.2. The molecule has 1 radical (unpaired) electrons. The van der Waals surface area contributed by atoms with Gasteiger partial charge in [-0.15, -0.1) is 5.10 Å². The molecule has 0 fully saturated rings. The second-order valence-corrected chi connectivity index (χ2v) is 2.37. The normalized spacial score (nSPS) is 10.1. The lowest BCUT2D eigenvalue weighted by Crippen LogP contribution is -1.90. The molecule has 2 aromatic rings. The van der Waals surface area contributed by atoms with Gasteiger partial charge < -0.3 is 4.74 Å². The van der Waals surface area contributed by atoms with Gasteiger partial charge in [-0.05, 0) is 18.2 Å². The van der Waals surface area contributed by atoms with Gasteiger partial charge in [-0.2, -0.15) is 5.10 Å². The van der Waals surface area contributed by atoms with Crippen molar-refractivity contribution in [3.63, 3.8) is 0 Å². The largest absolute Gasteiger partial charge is 0.479 e. The van der Waals surface area contributed by atoms with Crippen molar-refractivity contribution in [1.82, 2.24) is 10.2 Å². The van der Waals surface area contributed by atoms with Crippen molar-refractivity contribution in [1.29, 1.82) is 0 Å². The minimum Gasteiger partial charge on any atom is -0.479 e. The van der Waals surface area contributed by atoms with Gasteiger partial charge in [0.05, 0.1) is 13.3 Å². The summed E-state index contributed by atoms with van der Waals surface area (Å²) in [7, 11) is 1.58. The Morgan fingerprint density at radius 3 is 3.25 bits per heavy atom. The van der Waals surface area contributed by atoms with Gasteiger partial charge in [0.15, 0.2) is 0 Å². The molecule has 0 spiro atoms. The van der Waals surface area contributed by atoms with E-state index in [1.165, 1.54) is 0 Å². The van der Waals surface area contributed by atoms with Crippen molar-refractivity contribution >= 4 is 10.8 Å². The van der Waals surface area contributed by atoms with E-state index in [-0.39, 0.29) is 0 Å². The maximum atomic E-state index is 5.04. The van der Waals surface area contributed by atoms with Crippen molar-refractivity contribution in [3.8, 4) is 5.88 Å². The van der Waals surface area contributed by atoms with Crippen LogP contribution in [0.3, 0.4) is 0 Å². The molecule has 0 aliphatic rings. The molecule has 1 aromatic carbocycles. The van der Waals surface area contributed by atoms with E-state index < -0.39 is 0 Å². The number of fused-ring (bicyclic) bond motifs is 1. The van der Waals surface area contributed by atoms with Crippen LogP contribution in [-0.4, -0.2) is 17.3 Å². The van der Waals surface area contributed by atoms with Crippen LogP contribution >= 0.6 is 0 Å². The van der Waals surface area contributed by atoms with Crippen LogP contribution in [0.1, 0.15) is 0 Å². The fraction of sp³-hybridized carbons (Fsp3) is 0.111. The number of hydrogen-bond donors (Lipinski definition) is 0. The predicted molar refractivity (Wildman–Crippen MR) is 44.9 cm³/mol. The maximum absolute atomic E-state index is 5.04. The molecule has 0 N–H and O–H groups in total. The van der Waals surface area contributed by atoms with Gasteiger partial charge in [-0.1, -0.05) is 6.07 Å². The Balaban J connectivity index is 2.79. The number of benzene rings is 1. The molecule has 59 valence electrons. The first-order valence-electron chi connectivity index (χ1n) is 3.57. The van der Waals surface area contributed by atoms with E-state index in [1.807, 2.05) is 18.2 Å². The van der Waals surface area contributed by atoms with Crippen LogP contribution in [-0.2, 0) is 0 Å². The first kappa shape index (κ1) is 7.03. The highest BCUT2D eigenvalue weighted by Gasteiger charge is 2.00. The molecule has 3 nitrogen and oxygen atoms in total. The van der Waals surface area contributed by atoms with Gasteiger partial charge in [0, 0.05) is 10.8 Å². The van der Waals surface area contributed by atoms with E-state index in [0.29, 0.717) is 5.88 Å². The Morgan fingerprint density at radius 2 is 2.42 bits per heavy atom. The molecule has 1 heterocycles. The zero-order valence-corrected chi connectivity index (χ0v) is 6.61. The van der Waals surface area contributed by atoms with Crippen molar-refractivity contribution in [2.24, 2.45) is 0 Å². The summed E-state index contributed by atoms with van der Waals surface area (Å²) in [6.45, 7) is 0. The van der Waals surface area contributed by atoms with Crippen LogP contribution in [0.15, 0.2) is 24.4 Å². The number of methoxy groups -OCH3 is 1. The maximum Gasteiger partial charge on any atom is 0.241 e. The average Bonchev–Trinajstić information content (AvgIpc) is 2.17. The molecule has 12 heavy (non-hydrogen) atoms. The second kappa shape index (κ2) is 2.77. The van der Waals surface area contributed by atoms with E-state index in [4.69, 9.17) is 4.74 Å². The predicted octanol–water partition coefficient (Wildman–Crippen LogP) is 1.44. The second-order valence-electron chi connectivity index (χ2n) is 2.37. The molecule has 0 saturated heterocycles. The lowest BCUT2D eigenvalue weighted by molar-refractivity contribution is 0.398. The highest BCUT2D eigenvalue weighted by Crippen LogP contribution is 2.19. The Labute approximate surface area is 70.0 Å². The molecule has 1 aromatic heterocycles. The summed E-state index contributed by atoms with van der Waals surface area (Å²) >= 11 is 0. The van der Waals surface area contributed by atoms with Gasteiger partial charge in [-0.25, -0.2) is 0 Å². The van der Waals surface area contributed by atoms with Crippen LogP contribution in [0.5, 0.6) is 5.88 Å². The standard InChI is InChI=1S/C9H7N2O/c1-12-9-8-5-3-2-4-7(8)6-10-11-9/h3-6H,1H3. The summed E-state index contributed by atoms with van der Waals surface area (Å²) in [6, 6.07) is 8.55. The number of ether oxygens (including phenoxy) is 1. The quantitative estimate of drug-likeness (QED) is 0.631. The number of hydrogen-bond acceptors (Lipinski definition) is 3. The summed E-state index contributed by atoms with van der Waals surface area (Å²) in [6.07, 6.45) is 1.69. The van der Waals surface area contributed by atoms with E-state index in [2.05, 4.69) is 16.3 Å². The van der Waals surface area contributed by atoms with Crippen LogP contribution in [0.4, 0.5) is 0 Å². The van der Waals surface area contributed by atoms with Crippen LogP contribution < -0.4 is 4.74 Å². The molecular formula is C9H7N2O.